The van der Waals surface area contributed by atoms with Crippen LogP contribution in [0.2, 0.25) is 0 Å². The van der Waals surface area contributed by atoms with Gasteiger partial charge in [-0.25, -0.2) is 0 Å². The molecule has 0 aliphatic carbocycles. The van der Waals surface area contributed by atoms with E-state index in [4.69, 9.17) is 4.74 Å². The van der Waals surface area contributed by atoms with Crippen LogP contribution in [0.3, 0.4) is 0 Å². The minimum absolute atomic E-state index is 0.0151. The number of pyridine rings is 1. The lowest BCUT2D eigenvalue weighted by Crippen LogP contribution is -2.30. The summed E-state index contributed by atoms with van der Waals surface area (Å²) >= 11 is 0. The summed E-state index contributed by atoms with van der Waals surface area (Å²) in [7, 11) is 1.94. The third-order valence-electron chi connectivity index (χ3n) is 6.51. The number of ketones is 1. The van der Waals surface area contributed by atoms with Gasteiger partial charge in [-0.2, -0.15) is 0 Å². The number of fused-ring (bicyclic) bond motifs is 1. The number of aryl methyl sites for hydroxylation is 2. The van der Waals surface area contributed by atoms with Gasteiger partial charge in [-0.15, -0.1) is 0 Å². The number of carbonyl (C=O) groups is 2. The molecule has 1 amide bonds. The van der Waals surface area contributed by atoms with Crippen molar-refractivity contribution in [1.82, 2.24) is 4.98 Å². The third-order valence-corrected chi connectivity index (χ3v) is 6.51. The average molecular weight is 456 g/mol. The first-order chi connectivity index (χ1) is 16.4. The number of aliphatic hydroxyl groups excluding tert-OH is 1. The molecular formula is C27H25N3O4. The van der Waals surface area contributed by atoms with Crippen LogP contribution >= 0.6 is 0 Å². The monoisotopic (exact) mass is 455 g/mol. The molecule has 7 nitrogen and oxygen atoms in total. The molecule has 2 aliphatic rings. The van der Waals surface area contributed by atoms with Crippen molar-refractivity contribution in [3.63, 3.8) is 0 Å². The number of benzene rings is 2. The molecule has 1 fully saturated rings. The van der Waals surface area contributed by atoms with E-state index in [-0.39, 0.29) is 11.3 Å². The van der Waals surface area contributed by atoms with Crippen LogP contribution in [0.5, 0.6) is 5.75 Å². The zero-order valence-corrected chi connectivity index (χ0v) is 19.3. The Kier molecular flexibility index (Phi) is 5.32. The molecule has 1 saturated heterocycles. The van der Waals surface area contributed by atoms with E-state index in [1.54, 1.807) is 42.6 Å². The molecule has 0 saturated carbocycles. The minimum atomic E-state index is -0.853. The van der Waals surface area contributed by atoms with Crippen LogP contribution in [0.15, 0.2) is 66.4 Å². The molecule has 1 aromatic heterocycles. The first-order valence-corrected chi connectivity index (χ1v) is 11.1. The van der Waals surface area contributed by atoms with Gasteiger partial charge in [-0.05, 0) is 67.4 Å². The highest BCUT2D eigenvalue weighted by Gasteiger charge is 2.47. The molecule has 1 unspecified atom stereocenters. The second-order valence-electron chi connectivity index (χ2n) is 8.64. The van der Waals surface area contributed by atoms with Crippen molar-refractivity contribution < 1.29 is 19.4 Å². The summed E-state index contributed by atoms with van der Waals surface area (Å²) in [5, 5.41) is 11.4. The van der Waals surface area contributed by atoms with Crippen molar-refractivity contribution in [3.8, 4) is 5.75 Å². The molecule has 3 aromatic rings. The van der Waals surface area contributed by atoms with E-state index in [2.05, 4.69) is 4.98 Å². The van der Waals surface area contributed by atoms with Gasteiger partial charge in [0, 0.05) is 24.5 Å². The van der Waals surface area contributed by atoms with E-state index >= 15 is 0 Å². The van der Waals surface area contributed by atoms with Crippen LogP contribution < -0.4 is 14.5 Å². The number of aliphatic hydroxyl groups is 1. The van der Waals surface area contributed by atoms with Crippen molar-refractivity contribution in [2.24, 2.45) is 0 Å². The van der Waals surface area contributed by atoms with E-state index in [0.717, 1.165) is 16.8 Å². The molecular weight excluding hydrogens is 430 g/mol. The Hall–Kier alpha value is -4.13. The molecule has 0 spiro atoms. The summed E-state index contributed by atoms with van der Waals surface area (Å²) in [4.78, 5) is 34.5. The number of hydrogen-bond acceptors (Lipinski definition) is 6. The lowest BCUT2D eigenvalue weighted by Gasteiger charge is -2.28. The standard InChI is InChI=1S/C27H25N3O4/c1-16-7-9-19(14-17(16)2)30-24(20-6-4-5-11-28-20)23(26(32)27(30)33)25(31)18-8-10-22-21(15-18)29(3)12-13-34-22/h4-11,14-15,24,31H,12-13H2,1-3H3/b25-23-. The number of ether oxygens (including phenoxy) is 1. The average Bonchev–Trinajstić information content (AvgIpc) is 3.11. The maximum atomic E-state index is 13.3. The van der Waals surface area contributed by atoms with E-state index in [9.17, 15) is 14.7 Å². The second kappa shape index (κ2) is 8.33. The Morgan fingerprint density at radius 2 is 1.88 bits per heavy atom. The molecule has 2 aromatic carbocycles. The summed E-state index contributed by atoms with van der Waals surface area (Å²) in [5.41, 5.74) is 4.43. The Morgan fingerprint density at radius 1 is 1.06 bits per heavy atom. The summed E-state index contributed by atoms with van der Waals surface area (Å²) in [6.07, 6.45) is 1.61. The van der Waals surface area contributed by atoms with E-state index in [0.29, 0.717) is 35.8 Å². The number of anilines is 2. The fourth-order valence-electron chi connectivity index (χ4n) is 4.45. The van der Waals surface area contributed by atoms with Crippen LogP contribution in [0, 0.1) is 13.8 Å². The fourth-order valence-corrected chi connectivity index (χ4v) is 4.45. The predicted molar refractivity (Wildman–Crippen MR) is 130 cm³/mol. The Labute approximate surface area is 197 Å². The van der Waals surface area contributed by atoms with Crippen molar-refractivity contribution in [2.45, 2.75) is 19.9 Å². The third kappa shape index (κ3) is 3.50. The van der Waals surface area contributed by atoms with Crippen LogP contribution in [-0.4, -0.2) is 42.0 Å². The maximum Gasteiger partial charge on any atom is 0.300 e. The number of likely N-dealkylation sites (N-methyl/N-ethyl adjacent to an activating group) is 1. The maximum absolute atomic E-state index is 13.3. The van der Waals surface area contributed by atoms with Gasteiger partial charge in [-0.1, -0.05) is 12.1 Å². The smallest absolute Gasteiger partial charge is 0.300 e. The quantitative estimate of drug-likeness (QED) is 0.363. The number of carbonyl (C=O) groups excluding carboxylic acids is 2. The van der Waals surface area contributed by atoms with Gasteiger partial charge in [0.1, 0.15) is 24.2 Å². The van der Waals surface area contributed by atoms with Crippen molar-refractivity contribution in [2.75, 3.05) is 30.0 Å². The number of amides is 1. The van der Waals surface area contributed by atoms with Gasteiger partial charge < -0.3 is 14.7 Å². The lowest BCUT2D eigenvalue weighted by molar-refractivity contribution is -0.132. The van der Waals surface area contributed by atoms with E-state index in [1.165, 1.54) is 4.90 Å². The van der Waals surface area contributed by atoms with Gasteiger partial charge in [0.05, 0.1) is 23.5 Å². The first kappa shape index (κ1) is 21.7. The first-order valence-electron chi connectivity index (χ1n) is 11.1. The minimum Gasteiger partial charge on any atom is -0.507 e. The molecule has 34 heavy (non-hydrogen) atoms. The van der Waals surface area contributed by atoms with Crippen molar-refractivity contribution >= 4 is 28.8 Å². The van der Waals surface area contributed by atoms with E-state index < -0.39 is 17.7 Å². The molecule has 2 aliphatic heterocycles. The number of nitrogens with zero attached hydrogens (tertiary/aromatic N) is 3. The number of hydrogen-bond donors (Lipinski definition) is 1. The van der Waals surface area contributed by atoms with Gasteiger partial charge in [0.2, 0.25) is 0 Å². The molecule has 7 heteroatoms. The topological polar surface area (TPSA) is 83.0 Å². The Morgan fingerprint density at radius 3 is 2.62 bits per heavy atom. The van der Waals surface area contributed by atoms with Gasteiger partial charge in [0.25, 0.3) is 11.7 Å². The van der Waals surface area contributed by atoms with Crippen LogP contribution in [0.1, 0.15) is 28.4 Å². The highest BCUT2D eigenvalue weighted by molar-refractivity contribution is 6.51. The predicted octanol–water partition coefficient (Wildman–Crippen LogP) is 4.15. The lowest BCUT2D eigenvalue weighted by atomic mass is 9.97. The highest BCUT2D eigenvalue weighted by Crippen LogP contribution is 2.43. The fraction of sp³-hybridized carbons (Fsp3) is 0.222. The number of rotatable bonds is 3. The normalized spacial score (nSPS) is 19.2. The Bertz CT molecular complexity index is 1330. The molecule has 172 valence electrons. The van der Waals surface area contributed by atoms with Crippen molar-refractivity contribution in [3.05, 3.63) is 88.8 Å². The molecule has 1 atom stereocenters. The van der Waals surface area contributed by atoms with Crippen LogP contribution in [0.4, 0.5) is 11.4 Å². The SMILES string of the molecule is Cc1ccc(N2C(=O)C(=O)/C(=C(\O)c3ccc4c(c3)N(C)CCO4)C2c2ccccn2)cc1C. The van der Waals surface area contributed by atoms with Crippen LogP contribution in [-0.2, 0) is 9.59 Å². The second-order valence-corrected chi connectivity index (χ2v) is 8.64. The summed E-state index contributed by atoms with van der Waals surface area (Å²) < 4.78 is 5.70. The van der Waals surface area contributed by atoms with Gasteiger partial charge >= 0.3 is 0 Å². The largest absolute Gasteiger partial charge is 0.507 e. The summed E-state index contributed by atoms with van der Waals surface area (Å²) in [6.45, 7) is 5.23. The molecule has 0 bridgehead atoms. The number of Topliss-reactive ketones (excluding diaryl/α,β-unsaturated/α-hetero) is 1. The molecule has 3 heterocycles. The van der Waals surface area contributed by atoms with Crippen LogP contribution in [0.25, 0.3) is 5.76 Å². The van der Waals surface area contributed by atoms with Crippen molar-refractivity contribution in [1.29, 1.82) is 0 Å². The Balaban J connectivity index is 1.69. The van der Waals surface area contributed by atoms with Gasteiger partial charge in [0.15, 0.2) is 0 Å². The summed E-state index contributed by atoms with van der Waals surface area (Å²) in [6, 6.07) is 15.3. The van der Waals surface area contributed by atoms with Gasteiger partial charge in [-0.3, -0.25) is 19.5 Å². The highest BCUT2D eigenvalue weighted by atomic mass is 16.5. The molecule has 1 N–H and O–H groups in total. The van der Waals surface area contributed by atoms with E-state index in [1.807, 2.05) is 44.0 Å². The zero-order valence-electron chi connectivity index (χ0n) is 19.3. The summed E-state index contributed by atoms with van der Waals surface area (Å²) in [5.74, 6) is -0.961. The number of aromatic nitrogens is 1. The zero-order chi connectivity index (χ0) is 24.0. The molecule has 0 radical (unpaired) electrons. The molecule has 5 rings (SSSR count).